The molecular formula is C23H14BrCl2N4O8PS2. The Balaban J connectivity index is 1.34. The van der Waals surface area contributed by atoms with Crippen LogP contribution in [0.2, 0.25) is 10.0 Å². The molecule has 0 aliphatic carbocycles. The summed E-state index contributed by atoms with van der Waals surface area (Å²) in [5.74, 6) is -0.290. The number of halogens is 3. The van der Waals surface area contributed by atoms with Crippen molar-refractivity contribution >= 4 is 83.9 Å². The van der Waals surface area contributed by atoms with Gasteiger partial charge in [0.2, 0.25) is 5.89 Å². The molecule has 2 N–H and O–H groups in total. The minimum Gasteiger partial charge on any atom is -0.424 e. The number of para-hydroxylation sites is 1. The molecule has 5 aromatic rings. The lowest BCUT2D eigenvalue weighted by atomic mass is 10.2. The van der Waals surface area contributed by atoms with Gasteiger partial charge in [-0.1, -0.05) is 35.3 Å². The van der Waals surface area contributed by atoms with Crippen molar-refractivity contribution in [2.45, 2.75) is 4.21 Å². The molecule has 2 aromatic heterocycles. The minimum absolute atomic E-state index is 0.0639. The third-order valence-corrected chi connectivity index (χ3v) is 11.2. The molecule has 12 nitrogen and oxygen atoms in total. The van der Waals surface area contributed by atoms with Crippen LogP contribution < -0.4 is 9.25 Å². The molecule has 0 aliphatic heterocycles. The Morgan fingerprint density at radius 3 is 2.46 bits per heavy atom. The van der Waals surface area contributed by atoms with Gasteiger partial charge in [-0.3, -0.25) is 10.1 Å². The van der Waals surface area contributed by atoms with Crippen LogP contribution in [0.15, 0.2) is 73.8 Å². The molecule has 0 saturated carbocycles. The Morgan fingerprint density at radius 2 is 1.76 bits per heavy atom. The van der Waals surface area contributed by atoms with E-state index in [1.54, 1.807) is 6.07 Å². The summed E-state index contributed by atoms with van der Waals surface area (Å²) in [6.07, 6.45) is -0.946. The number of nitro groups is 1. The van der Waals surface area contributed by atoms with E-state index in [1.807, 2.05) is 0 Å². The van der Waals surface area contributed by atoms with Gasteiger partial charge in [-0.2, -0.15) is 4.72 Å². The molecule has 1 atom stereocenters. The fraction of sp³-hybridized carbons (Fsp3) is 0.0435. The highest BCUT2D eigenvalue weighted by Crippen LogP contribution is 2.44. The maximum absolute atomic E-state index is 12.8. The molecular weight excluding hydrogens is 706 g/mol. The number of hydrogen-bond acceptors (Lipinski definition) is 10. The molecule has 18 heteroatoms. The van der Waals surface area contributed by atoms with Crippen LogP contribution in [0, 0.1) is 10.1 Å². The van der Waals surface area contributed by atoms with Crippen LogP contribution in [0.25, 0.3) is 33.0 Å². The first kappa shape index (κ1) is 29.6. The van der Waals surface area contributed by atoms with Crippen LogP contribution in [0.3, 0.4) is 0 Å². The fourth-order valence-electron chi connectivity index (χ4n) is 3.58. The first-order chi connectivity index (χ1) is 19.3. The number of nitrogens with one attached hydrogen (secondary N) is 1. The lowest BCUT2D eigenvalue weighted by Gasteiger charge is -2.14. The molecule has 0 amide bonds. The minimum atomic E-state index is -4.57. The Labute approximate surface area is 253 Å². The van der Waals surface area contributed by atoms with Gasteiger partial charge in [-0.15, -0.1) is 21.5 Å². The molecule has 0 radical (unpaired) electrons. The van der Waals surface area contributed by atoms with Crippen LogP contribution in [-0.4, -0.2) is 34.7 Å². The molecule has 41 heavy (non-hydrogen) atoms. The van der Waals surface area contributed by atoms with E-state index in [0.717, 1.165) is 11.3 Å². The average Bonchev–Trinajstić information content (AvgIpc) is 3.60. The summed E-state index contributed by atoms with van der Waals surface area (Å²) in [7, 11) is -8.79. The van der Waals surface area contributed by atoms with Gasteiger partial charge in [0.25, 0.3) is 21.6 Å². The van der Waals surface area contributed by atoms with E-state index in [-0.39, 0.29) is 38.6 Å². The third kappa shape index (κ3) is 6.32. The number of nitrogens with zero attached hydrogens (tertiary/aromatic N) is 3. The third-order valence-electron chi connectivity index (χ3n) is 5.45. The molecule has 0 saturated heterocycles. The van der Waals surface area contributed by atoms with Crippen molar-refractivity contribution in [1.82, 2.24) is 14.9 Å². The predicted molar refractivity (Wildman–Crippen MR) is 157 cm³/mol. The van der Waals surface area contributed by atoms with E-state index < -0.39 is 28.8 Å². The lowest BCUT2D eigenvalue weighted by Crippen LogP contribution is -2.25. The summed E-state index contributed by atoms with van der Waals surface area (Å²) < 4.78 is 52.2. The molecule has 0 aliphatic rings. The molecule has 0 bridgehead atoms. The van der Waals surface area contributed by atoms with Gasteiger partial charge >= 0.3 is 7.60 Å². The van der Waals surface area contributed by atoms with Crippen molar-refractivity contribution in [3.05, 3.63) is 85.3 Å². The zero-order chi connectivity index (χ0) is 29.5. The Kier molecular flexibility index (Phi) is 8.25. The summed E-state index contributed by atoms with van der Waals surface area (Å²) in [5.41, 5.74) is 0.124. The maximum Gasteiger partial charge on any atom is 0.391 e. The van der Waals surface area contributed by atoms with Crippen molar-refractivity contribution < 1.29 is 31.7 Å². The van der Waals surface area contributed by atoms with E-state index in [9.17, 15) is 28.0 Å². The molecule has 212 valence electrons. The summed E-state index contributed by atoms with van der Waals surface area (Å²) in [6, 6.07) is 14.4. The van der Waals surface area contributed by atoms with E-state index >= 15 is 0 Å². The van der Waals surface area contributed by atoms with Gasteiger partial charge < -0.3 is 13.8 Å². The van der Waals surface area contributed by atoms with E-state index in [0.29, 0.717) is 24.6 Å². The molecule has 1 unspecified atom stereocenters. The topological polar surface area (TPSA) is 175 Å². The molecule has 5 rings (SSSR count). The van der Waals surface area contributed by atoms with Gasteiger partial charge in [0.05, 0.1) is 20.2 Å². The van der Waals surface area contributed by atoms with Gasteiger partial charge in [0.1, 0.15) is 21.8 Å². The van der Waals surface area contributed by atoms with Gasteiger partial charge in [0, 0.05) is 20.9 Å². The lowest BCUT2D eigenvalue weighted by molar-refractivity contribution is -0.384. The smallest absolute Gasteiger partial charge is 0.391 e. The molecule has 2 heterocycles. The van der Waals surface area contributed by atoms with Gasteiger partial charge in [0.15, 0.2) is 0 Å². The zero-order valence-electron chi connectivity index (χ0n) is 20.0. The van der Waals surface area contributed by atoms with Crippen molar-refractivity contribution in [3.8, 4) is 28.7 Å². The second-order valence-electron chi connectivity index (χ2n) is 8.20. The SMILES string of the molecule is O=[N+]([O-])c1ccccc1-c1nnc(-c2cc(OP(=O)(O)CNS(=O)(=O)c3cc4c(Cl)ccc(Cl)c4s3)ccc2Br)o1. The fourth-order valence-corrected chi connectivity index (χ4v) is 8.49. The predicted octanol–water partition coefficient (Wildman–Crippen LogP) is 7.10. The average molecular weight is 720 g/mol. The molecule has 0 fully saturated rings. The quantitative estimate of drug-likeness (QED) is 0.0908. The number of thiophene rings is 1. The summed E-state index contributed by atoms with van der Waals surface area (Å²) in [5, 5.41) is 20.2. The number of rotatable bonds is 9. The standard InChI is InChI=1S/C23H14BrCl2N4O8PS2/c24-16-6-5-12(9-14(16)23-29-28-22(37-23)13-3-1-2-4-19(13)30(31)32)38-39(33,34)11-27-41(35,36)20-10-15-17(25)7-8-18(26)21(15)40-20/h1-10,27H,11H2,(H,33,34). The normalized spacial score (nSPS) is 13.3. The van der Waals surface area contributed by atoms with E-state index in [1.165, 1.54) is 54.6 Å². The number of sulfonamides is 1. The Morgan fingerprint density at radius 1 is 1.07 bits per heavy atom. The highest BCUT2D eigenvalue weighted by Gasteiger charge is 2.28. The highest BCUT2D eigenvalue weighted by molar-refractivity contribution is 9.10. The second-order valence-corrected chi connectivity index (χ2v) is 14.7. The van der Waals surface area contributed by atoms with Crippen molar-refractivity contribution in [3.63, 3.8) is 0 Å². The largest absolute Gasteiger partial charge is 0.424 e. The van der Waals surface area contributed by atoms with Crippen molar-refractivity contribution in [1.29, 1.82) is 0 Å². The number of benzene rings is 3. The van der Waals surface area contributed by atoms with Crippen LogP contribution in [-0.2, 0) is 14.6 Å². The number of hydrogen-bond donors (Lipinski definition) is 2. The Hall–Kier alpha value is -2.88. The molecule has 3 aromatic carbocycles. The summed E-state index contributed by atoms with van der Waals surface area (Å²) in [4.78, 5) is 21.2. The first-order valence-corrected chi connectivity index (χ1v) is 16.7. The van der Waals surface area contributed by atoms with Crippen molar-refractivity contribution in [2.75, 3.05) is 6.29 Å². The maximum atomic E-state index is 12.8. The number of aromatic nitrogens is 2. The van der Waals surface area contributed by atoms with E-state index in [2.05, 4.69) is 30.8 Å². The zero-order valence-corrected chi connectivity index (χ0v) is 25.7. The van der Waals surface area contributed by atoms with Crippen LogP contribution in [0.5, 0.6) is 5.75 Å². The number of nitro benzene ring substituents is 1. The van der Waals surface area contributed by atoms with Crippen LogP contribution in [0.1, 0.15) is 0 Å². The van der Waals surface area contributed by atoms with Gasteiger partial charge in [-0.25, -0.2) is 13.0 Å². The van der Waals surface area contributed by atoms with Crippen LogP contribution in [0.4, 0.5) is 5.69 Å². The van der Waals surface area contributed by atoms with Crippen molar-refractivity contribution in [2.24, 2.45) is 0 Å². The Bertz CT molecular complexity index is 1950. The van der Waals surface area contributed by atoms with Crippen LogP contribution >= 0.6 is 58.1 Å². The highest BCUT2D eigenvalue weighted by atomic mass is 79.9. The molecule has 0 spiro atoms. The van der Waals surface area contributed by atoms with Gasteiger partial charge in [-0.05, 0) is 58.4 Å². The number of fused-ring (bicyclic) bond motifs is 1. The summed E-state index contributed by atoms with van der Waals surface area (Å²) in [6.45, 7) is 0. The summed E-state index contributed by atoms with van der Waals surface area (Å²) >= 11 is 16.5. The first-order valence-electron chi connectivity index (χ1n) is 11.1. The monoisotopic (exact) mass is 718 g/mol. The van der Waals surface area contributed by atoms with E-state index in [4.69, 9.17) is 32.1 Å². The second kappa shape index (κ2) is 11.4.